The first-order chi connectivity index (χ1) is 10.9. The second kappa shape index (κ2) is 6.48. The first kappa shape index (κ1) is 16.5. The summed E-state index contributed by atoms with van der Waals surface area (Å²) < 4.78 is 14.9. The quantitative estimate of drug-likeness (QED) is 0.853. The number of anilines is 1. The van der Waals surface area contributed by atoms with Crippen LogP contribution in [0, 0.1) is 5.82 Å². The summed E-state index contributed by atoms with van der Waals surface area (Å²) in [6.07, 6.45) is 4.78. The fourth-order valence-corrected chi connectivity index (χ4v) is 2.15. The zero-order valence-electron chi connectivity index (χ0n) is 13.2. The van der Waals surface area contributed by atoms with E-state index in [-0.39, 0.29) is 16.6 Å². The molecule has 6 heteroatoms. The van der Waals surface area contributed by atoms with E-state index in [2.05, 4.69) is 16.9 Å². The van der Waals surface area contributed by atoms with Crippen molar-refractivity contribution in [1.82, 2.24) is 9.55 Å². The minimum atomic E-state index is -0.607. The third kappa shape index (κ3) is 3.15. The van der Waals surface area contributed by atoms with Crippen LogP contribution in [0.15, 0.2) is 52.1 Å². The maximum Gasteiger partial charge on any atom is 0.333 e. The average Bonchev–Trinajstić information content (AvgIpc) is 2.50. The fourth-order valence-electron chi connectivity index (χ4n) is 2.15. The van der Waals surface area contributed by atoms with Crippen LogP contribution in [0.2, 0.25) is 0 Å². The number of fused-ring (bicyclic) bond motifs is 1. The molecule has 0 aliphatic rings. The molecule has 0 fully saturated rings. The number of allylic oxidation sites excluding steroid dienone is 5. The average molecular weight is 315 g/mol. The van der Waals surface area contributed by atoms with Crippen molar-refractivity contribution < 1.29 is 4.39 Å². The highest BCUT2D eigenvalue weighted by Crippen LogP contribution is 2.18. The Morgan fingerprint density at radius 2 is 2.00 bits per heavy atom. The van der Waals surface area contributed by atoms with Crippen molar-refractivity contribution >= 4 is 22.3 Å². The molecule has 1 aromatic heterocycles. The number of halogens is 1. The molecule has 2 aromatic rings. The van der Waals surface area contributed by atoms with E-state index in [1.165, 1.54) is 12.1 Å². The highest BCUT2D eigenvalue weighted by Gasteiger charge is 2.12. The number of aromatic nitrogens is 2. The summed E-state index contributed by atoms with van der Waals surface area (Å²) in [7, 11) is 1.56. The van der Waals surface area contributed by atoms with Gasteiger partial charge in [0, 0.05) is 7.05 Å². The van der Waals surface area contributed by atoms with Gasteiger partial charge in [0.1, 0.15) is 5.82 Å². The molecule has 0 unspecified atom stereocenters. The zero-order valence-corrected chi connectivity index (χ0v) is 13.2. The molecule has 2 N–H and O–H groups in total. The monoisotopic (exact) mass is 315 g/mol. The molecule has 0 aliphatic heterocycles. The van der Waals surface area contributed by atoms with Crippen LogP contribution in [0.25, 0.3) is 16.6 Å². The van der Waals surface area contributed by atoms with E-state index < -0.39 is 17.1 Å². The first-order valence-corrected chi connectivity index (χ1v) is 7.03. The Labute approximate surface area is 132 Å². The molecule has 0 spiro atoms. The third-order valence-corrected chi connectivity index (χ3v) is 3.31. The van der Waals surface area contributed by atoms with Crippen LogP contribution < -0.4 is 16.6 Å². The molecule has 5 nitrogen and oxygen atoms in total. The largest absolute Gasteiger partial charge is 0.386 e. The van der Waals surface area contributed by atoms with E-state index in [0.29, 0.717) is 5.70 Å². The Bertz CT molecular complexity index is 945. The Morgan fingerprint density at radius 1 is 1.30 bits per heavy atom. The number of aromatic amines is 1. The molecule has 0 atom stereocenters. The van der Waals surface area contributed by atoms with Gasteiger partial charge in [-0.05, 0) is 38.1 Å². The summed E-state index contributed by atoms with van der Waals surface area (Å²) in [4.78, 5) is 27.5. The minimum Gasteiger partial charge on any atom is -0.386 e. The molecule has 1 heterocycles. The van der Waals surface area contributed by atoms with Gasteiger partial charge in [0.2, 0.25) is 0 Å². The van der Waals surface area contributed by atoms with Crippen LogP contribution in [0.3, 0.4) is 0 Å². The minimum absolute atomic E-state index is 0.0889. The van der Waals surface area contributed by atoms with Gasteiger partial charge in [0.25, 0.3) is 5.56 Å². The number of hydrogen-bond acceptors (Lipinski definition) is 3. The van der Waals surface area contributed by atoms with E-state index in [0.717, 1.165) is 16.2 Å². The van der Waals surface area contributed by atoms with Gasteiger partial charge < -0.3 is 10.3 Å². The van der Waals surface area contributed by atoms with Gasteiger partial charge in [-0.15, -0.1) is 0 Å². The van der Waals surface area contributed by atoms with Crippen molar-refractivity contribution in [2.24, 2.45) is 0 Å². The van der Waals surface area contributed by atoms with Crippen molar-refractivity contribution in [1.29, 1.82) is 0 Å². The molecule has 1 aromatic carbocycles. The van der Waals surface area contributed by atoms with E-state index in [1.54, 1.807) is 19.2 Å². The summed E-state index contributed by atoms with van der Waals surface area (Å²) >= 11 is 0. The molecular weight excluding hydrogens is 297 g/mol. The molecule has 0 aliphatic carbocycles. The Balaban J connectivity index is 2.84. The Hall–Kier alpha value is -2.89. The number of rotatable bonds is 4. The number of nitrogens with one attached hydrogen (secondary N) is 2. The van der Waals surface area contributed by atoms with Crippen LogP contribution in [0.4, 0.5) is 10.1 Å². The SMILES string of the molecule is C=C/C(=C\C=C(C)C)n1c(=O)[nH]c2cc(NC)c(F)cc2c1=O. The van der Waals surface area contributed by atoms with Gasteiger partial charge in [0.15, 0.2) is 0 Å². The lowest BCUT2D eigenvalue weighted by Crippen LogP contribution is -2.34. The molecule has 0 saturated heterocycles. The summed E-state index contributed by atoms with van der Waals surface area (Å²) in [5, 5.41) is 2.76. The van der Waals surface area contributed by atoms with E-state index in [1.807, 2.05) is 13.8 Å². The van der Waals surface area contributed by atoms with Crippen molar-refractivity contribution in [2.45, 2.75) is 13.8 Å². The van der Waals surface area contributed by atoms with Crippen molar-refractivity contribution in [3.05, 3.63) is 69.2 Å². The highest BCUT2D eigenvalue weighted by atomic mass is 19.1. The van der Waals surface area contributed by atoms with Gasteiger partial charge in [-0.3, -0.25) is 4.79 Å². The highest BCUT2D eigenvalue weighted by molar-refractivity contribution is 5.82. The smallest absolute Gasteiger partial charge is 0.333 e. The molecule has 2 rings (SSSR count). The normalized spacial score (nSPS) is 11.4. The molecule has 0 bridgehead atoms. The molecular formula is C17H18FN3O2. The number of H-pyrrole nitrogens is 1. The molecule has 120 valence electrons. The lowest BCUT2D eigenvalue weighted by molar-refractivity contribution is 0.632. The summed E-state index contributed by atoms with van der Waals surface area (Å²) in [6, 6.07) is 2.50. The molecule has 0 saturated carbocycles. The zero-order chi connectivity index (χ0) is 17.1. The second-order valence-corrected chi connectivity index (χ2v) is 5.24. The lowest BCUT2D eigenvalue weighted by atomic mass is 10.2. The predicted molar refractivity (Wildman–Crippen MR) is 92.2 cm³/mol. The van der Waals surface area contributed by atoms with Crippen molar-refractivity contribution in [2.75, 3.05) is 12.4 Å². The number of benzene rings is 1. The first-order valence-electron chi connectivity index (χ1n) is 7.03. The fraction of sp³-hybridized carbons (Fsp3) is 0.176. The van der Waals surface area contributed by atoms with Gasteiger partial charge in [0.05, 0.1) is 22.3 Å². The topological polar surface area (TPSA) is 66.9 Å². The van der Waals surface area contributed by atoms with E-state index >= 15 is 0 Å². The molecule has 0 radical (unpaired) electrons. The van der Waals surface area contributed by atoms with Crippen LogP contribution in [0.5, 0.6) is 0 Å². The summed E-state index contributed by atoms with van der Waals surface area (Å²) in [6.45, 7) is 7.40. The maximum absolute atomic E-state index is 13.9. The maximum atomic E-state index is 13.9. The Morgan fingerprint density at radius 3 is 2.57 bits per heavy atom. The third-order valence-electron chi connectivity index (χ3n) is 3.31. The van der Waals surface area contributed by atoms with Crippen LogP contribution in [-0.4, -0.2) is 16.6 Å². The predicted octanol–water partition coefficient (Wildman–Crippen LogP) is 2.86. The number of hydrogen-bond donors (Lipinski definition) is 2. The van der Waals surface area contributed by atoms with Crippen molar-refractivity contribution in [3.63, 3.8) is 0 Å². The lowest BCUT2D eigenvalue weighted by Gasteiger charge is -2.09. The molecule has 0 amide bonds. The number of nitrogens with zero attached hydrogens (tertiary/aromatic N) is 1. The van der Waals surface area contributed by atoms with Gasteiger partial charge in [-0.25, -0.2) is 13.8 Å². The van der Waals surface area contributed by atoms with Crippen LogP contribution >= 0.6 is 0 Å². The second-order valence-electron chi connectivity index (χ2n) is 5.24. The Kier molecular flexibility index (Phi) is 4.64. The van der Waals surface area contributed by atoms with Gasteiger partial charge >= 0.3 is 5.69 Å². The summed E-state index contributed by atoms with van der Waals surface area (Å²) in [5.74, 6) is -0.566. The summed E-state index contributed by atoms with van der Waals surface area (Å²) in [5.41, 5.74) is 0.585. The standard InChI is InChI=1S/C17H18FN3O2/c1-5-11(7-6-10(2)3)21-16(22)12-8-13(18)15(19-4)9-14(12)20-17(21)23/h5-9,19H,1H2,2-4H3,(H,20,23)/b11-7+. The van der Waals surface area contributed by atoms with Crippen molar-refractivity contribution in [3.8, 4) is 0 Å². The van der Waals surface area contributed by atoms with Crippen LogP contribution in [-0.2, 0) is 0 Å². The molecule has 23 heavy (non-hydrogen) atoms. The van der Waals surface area contributed by atoms with E-state index in [4.69, 9.17) is 0 Å². The van der Waals surface area contributed by atoms with E-state index in [9.17, 15) is 14.0 Å². The van der Waals surface area contributed by atoms with Crippen LogP contribution in [0.1, 0.15) is 13.8 Å². The van der Waals surface area contributed by atoms with Gasteiger partial charge in [-0.1, -0.05) is 18.2 Å². The van der Waals surface area contributed by atoms with Gasteiger partial charge in [-0.2, -0.15) is 0 Å².